The van der Waals surface area contributed by atoms with Gasteiger partial charge in [0.2, 0.25) is 0 Å². The first-order chi connectivity index (χ1) is 17.4. The number of halogens is 2. The maximum absolute atomic E-state index is 13.7. The number of thioether (sulfide) groups is 1. The van der Waals surface area contributed by atoms with Gasteiger partial charge in [-0.3, -0.25) is 0 Å². The van der Waals surface area contributed by atoms with E-state index in [0.29, 0.717) is 27.7 Å². The first-order valence-electron chi connectivity index (χ1n) is 12.0. The van der Waals surface area contributed by atoms with E-state index >= 15 is 0 Å². The van der Waals surface area contributed by atoms with Crippen molar-refractivity contribution in [1.29, 1.82) is 0 Å². The number of aliphatic hydroxyl groups is 3. The minimum Gasteiger partial charge on any atom is -0.394 e. The molecule has 2 aliphatic carbocycles. The number of aromatic nitrogens is 5. The lowest BCUT2D eigenvalue weighted by Crippen LogP contribution is -2.33. The van der Waals surface area contributed by atoms with Crippen LogP contribution in [0.1, 0.15) is 43.7 Å². The Morgan fingerprint density at radius 3 is 2.75 bits per heavy atom. The Morgan fingerprint density at radius 2 is 2.00 bits per heavy atom. The lowest BCUT2D eigenvalue weighted by Gasteiger charge is -2.17. The molecule has 2 aliphatic rings. The van der Waals surface area contributed by atoms with Gasteiger partial charge in [0.1, 0.15) is 12.2 Å². The number of hydrogen-bond donors (Lipinski definition) is 4. The number of rotatable bonds is 10. The molecule has 36 heavy (non-hydrogen) atoms. The fourth-order valence-corrected chi connectivity index (χ4v) is 5.31. The standard InChI is InChI=1S/C23H28F2N6O4S/c1-2-7-36-23-27-21(26-15-9-12(15)11-3-4-13(24)14(25)8-11)18-22(28-23)31(30-29-18)16-10-17(35-6-5-32)20(34)19(16)33/h3-4,8,12,15-17,19-20,32-34H,2,5-7,9-10H2,1H3,(H,26,27,28)/t12?,15-,16-,17+,19?,20-/m1/s1. The topological polar surface area (TPSA) is 138 Å². The van der Waals surface area contributed by atoms with Gasteiger partial charge < -0.3 is 25.4 Å². The zero-order valence-electron chi connectivity index (χ0n) is 19.6. The molecule has 10 nitrogen and oxygen atoms in total. The molecule has 2 saturated carbocycles. The van der Waals surface area contributed by atoms with Crippen molar-refractivity contribution in [3.8, 4) is 0 Å². The van der Waals surface area contributed by atoms with Crippen LogP contribution < -0.4 is 5.32 Å². The highest BCUT2D eigenvalue weighted by Gasteiger charge is 2.45. The molecule has 2 unspecified atom stereocenters. The number of aliphatic hydroxyl groups excluding tert-OH is 3. The Labute approximate surface area is 210 Å². The molecule has 2 aromatic heterocycles. The lowest BCUT2D eigenvalue weighted by atomic mass is 10.1. The van der Waals surface area contributed by atoms with Crippen LogP contribution in [0.15, 0.2) is 23.4 Å². The molecule has 0 radical (unpaired) electrons. The van der Waals surface area contributed by atoms with Gasteiger partial charge >= 0.3 is 0 Å². The third-order valence-corrected chi connectivity index (χ3v) is 7.61. The van der Waals surface area contributed by atoms with Crippen LogP contribution in [-0.2, 0) is 4.74 Å². The summed E-state index contributed by atoms with van der Waals surface area (Å²) in [6.07, 6.45) is -1.04. The molecule has 0 saturated heterocycles. The molecule has 6 atom stereocenters. The number of ether oxygens (including phenoxy) is 1. The minimum absolute atomic E-state index is 0.00291. The number of nitrogens with zero attached hydrogens (tertiary/aromatic N) is 5. The van der Waals surface area contributed by atoms with Gasteiger partial charge in [0.25, 0.3) is 0 Å². The Bertz CT molecular complexity index is 1230. The quantitative estimate of drug-likeness (QED) is 0.231. The molecule has 5 rings (SSSR count). The molecule has 194 valence electrons. The van der Waals surface area contributed by atoms with Crippen LogP contribution in [0.4, 0.5) is 14.6 Å². The van der Waals surface area contributed by atoms with Crippen LogP contribution in [0.3, 0.4) is 0 Å². The van der Waals surface area contributed by atoms with E-state index < -0.39 is 36.0 Å². The average molecular weight is 523 g/mol. The van der Waals surface area contributed by atoms with Gasteiger partial charge in [0.05, 0.1) is 25.4 Å². The SMILES string of the molecule is CCCSc1nc(N[C@@H]2CC2c2ccc(F)c(F)c2)c2nnn([C@@H]3C[C@H](OCCO)[C@@H](O)C3O)c2n1. The highest BCUT2D eigenvalue weighted by molar-refractivity contribution is 7.99. The highest BCUT2D eigenvalue weighted by atomic mass is 32.2. The fraction of sp³-hybridized carbons (Fsp3) is 0.565. The molecular weight excluding hydrogens is 494 g/mol. The second-order valence-corrected chi connectivity index (χ2v) is 10.2. The normalized spacial score (nSPS) is 27.6. The first-order valence-corrected chi connectivity index (χ1v) is 13.0. The van der Waals surface area contributed by atoms with E-state index in [1.165, 1.54) is 22.5 Å². The van der Waals surface area contributed by atoms with E-state index in [4.69, 9.17) is 9.84 Å². The maximum Gasteiger partial charge on any atom is 0.191 e. The second kappa shape index (κ2) is 10.5. The Balaban J connectivity index is 1.43. The third kappa shape index (κ3) is 4.90. The van der Waals surface area contributed by atoms with Crippen LogP contribution in [-0.4, -0.2) is 83.6 Å². The molecule has 0 aliphatic heterocycles. The van der Waals surface area contributed by atoms with Crippen LogP contribution in [0.2, 0.25) is 0 Å². The fourth-order valence-electron chi connectivity index (χ4n) is 4.61. The molecule has 0 spiro atoms. The summed E-state index contributed by atoms with van der Waals surface area (Å²) in [6, 6.07) is 3.26. The molecular formula is C23H28F2N6O4S. The largest absolute Gasteiger partial charge is 0.394 e. The first kappa shape index (κ1) is 25.2. The van der Waals surface area contributed by atoms with E-state index in [-0.39, 0.29) is 31.6 Å². The molecule has 3 aromatic rings. The van der Waals surface area contributed by atoms with Crippen molar-refractivity contribution < 1.29 is 28.8 Å². The molecule has 2 fully saturated rings. The molecule has 13 heteroatoms. The van der Waals surface area contributed by atoms with E-state index in [9.17, 15) is 19.0 Å². The van der Waals surface area contributed by atoms with Gasteiger partial charge in [0, 0.05) is 24.1 Å². The lowest BCUT2D eigenvalue weighted by molar-refractivity contribution is -0.0629. The van der Waals surface area contributed by atoms with Crippen molar-refractivity contribution in [2.24, 2.45) is 0 Å². The van der Waals surface area contributed by atoms with Crippen molar-refractivity contribution in [2.45, 2.75) is 67.7 Å². The molecule has 0 bridgehead atoms. The zero-order valence-corrected chi connectivity index (χ0v) is 20.4. The Morgan fingerprint density at radius 1 is 1.17 bits per heavy atom. The number of fused-ring (bicyclic) bond motifs is 1. The highest BCUT2D eigenvalue weighted by Crippen LogP contribution is 2.44. The van der Waals surface area contributed by atoms with E-state index in [2.05, 4.69) is 32.5 Å². The number of benzene rings is 1. The summed E-state index contributed by atoms with van der Waals surface area (Å²) in [5, 5.41) is 42.5. The Kier molecular flexibility index (Phi) is 7.35. The third-order valence-electron chi connectivity index (χ3n) is 6.56. The second-order valence-electron chi connectivity index (χ2n) is 9.09. The summed E-state index contributed by atoms with van der Waals surface area (Å²) < 4.78 is 34.0. The Hall–Kier alpha value is -2.45. The van der Waals surface area contributed by atoms with Gasteiger partial charge in [0.15, 0.2) is 33.8 Å². The van der Waals surface area contributed by atoms with Crippen molar-refractivity contribution in [1.82, 2.24) is 25.0 Å². The number of hydrogen-bond acceptors (Lipinski definition) is 10. The van der Waals surface area contributed by atoms with Gasteiger partial charge in [-0.05, 0) is 30.5 Å². The van der Waals surface area contributed by atoms with Crippen LogP contribution >= 0.6 is 11.8 Å². The van der Waals surface area contributed by atoms with Crippen molar-refractivity contribution in [2.75, 3.05) is 24.3 Å². The molecule has 1 aromatic carbocycles. The molecule has 2 heterocycles. The molecule has 4 N–H and O–H groups in total. The van der Waals surface area contributed by atoms with Gasteiger partial charge in [-0.2, -0.15) is 0 Å². The summed E-state index contributed by atoms with van der Waals surface area (Å²) in [5.41, 5.74) is 1.53. The predicted molar refractivity (Wildman–Crippen MR) is 128 cm³/mol. The maximum atomic E-state index is 13.7. The van der Waals surface area contributed by atoms with Crippen LogP contribution in [0, 0.1) is 11.6 Å². The smallest absolute Gasteiger partial charge is 0.191 e. The summed E-state index contributed by atoms with van der Waals surface area (Å²) in [5.74, 6) is -0.472. The summed E-state index contributed by atoms with van der Waals surface area (Å²) in [4.78, 5) is 9.27. The minimum atomic E-state index is -1.15. The molecule has 0 amide bonds. The van der Waals surface area contributed by atoms with E-state index in [1.54, 1.807) is 6.07 Å². The van der Waals surface area contributed by atoms with Gasteiger partial charge in [-0.25, -0.2) is 23.4 Å². The number of nitrogens with one attached hydrogen (secondary N) is 1. The van der Waals surface area contributed by atoms with Crippen LogP contribution in [0.5, 0.6) is 0 Å². The van der Waals surface area contributed by atoms with Crippen LogP contribution in [0.25, 0.3) is 11.2 Å². The monoisotopic (exact) mass is 522 g/mol. The summed E-state index contributed by atoms with van der Waals surface area (Å²) in [7, 11) is 0. The van der Waals surface area contributed by atoms with Crippen molar-refractivity contribution in [3.63, 3.8) is 0 Å². The van der Waals surface area contributed by atoms with Gasteiger partial charge in [-0.15, -0.1) is 5.10 Å². The predicted octanol–water partition coefficient (Wildman–Crippen LogP) is 2.01. The van der Waals surface area contributed by atoms with Crippen molar-refractivity contribution >= 4 is 28.7 Å². The average Bonchev–Trinajstić information content (AvgIpc) is 3.41. The van der Waals surface area contributed by atoms with E-state index in [0.717, 1.165) is 24.7 Å². The zero-order chi connectivity index (χ0) is 25.4. The number of anilines is 1. The summed E-state index contributed by atoms with van der Waals surface area (Å²) >= 11 is 1.48. The van der Waals surface area contributed by atoms with E-state index in [1.807, 2.05) is 0 Å². The summed E-state index contributed by atoms with van der Waals surface area (Å²) in [6.45, 7) is 1.91. The van der Waals surface area contributed by atoms with Gasteiger partial charge in [-0.1, -0.05) is 30.0 Å². The van der Waals surface area contributed by atoms with Crippen molar-refractivity contribution in [3.05, 3.63) is 35.4 Å².